The summed E-state index contributed by atoms with van der Waals surface area (Å²) in [5, 5.41) is 0. The monoisotopic (exact) mass is 187 g/mol. The van der Waals surface area contributed by atoms with Gasteiger partial charge >= 0.3 is 0 Å². The van der Waals surface area contributed by atoms with Crippen LogP contribution in [0.25, 0.3) is 0 Å². The molecule has 0 atom stereocenters. The third-order valence-corrected chi connectivity index (χ3v) is 1.96. The summed E-state index contributed by atoms with van der Waals surface area (Å²) in [6.45, 7) is 1.72. The fourth-order valence-electron chi connectivity index (χ4n) is 0.519. The van der Waals surface area contributed by atoms with E-state index in [1.54, 1.807) is 13.0 Å². The molecule has 0 N–H and O–H groups in total. The molecule has 0 unspecified atom stereocenters. The first kappa shape index (κ1) is 6.75. The molecule has 0 fully saturated rings. The molecule has 1 aromatic rings. The van der Waals surface area contributed by atoms with Crippen molar-refractivity contribution in [1.82, 2.24) is 0 Å². The van der Waals surface area contributed by atoms with Crippen molar-refractivity contribution in [3.63, 3.8) is 0 Å². The summed E-state index contributed by atoms with van der Waals surface area (Å²) in [6, 6.07) is 5.66. The van der Waals surface area contributed by atoms with Crippen LogP contribution in [-0.2, 0) is 0 Å². The van der Waals surface area contributed by atoms with Gasteiger partial charge in [-0.1, -0.05) is 15.9 Å². The Kier molecular flexibility index (Phi) is 1.86. The molecule has 1 rings (SSSR count). The van der Waals surface area contributed by atoms with Gasteiger partial charge < -0.3 is 0 Å². The average molecular weight is 188 g/mol. The van der Waals surface area contributed by atoms with Crippen LogP contribution >= 0.6 is 15.9 Å². The SMILES string of the molecule is Cc1c(F)c[c]cc1Br. The Morgan fingerprint density at radius 3 is 2.67 bits per heavy atom. The summed E-state index contributed by atoms with van der Waals surface area (Å²) in [7, 11) is 0. The first-order valence-electron chi connectivity index (χ1n) is 2.53. The maximum Gasteiger partial charge on any atom is 0.127 e. The first-order valence-corrected chi connectivity index (χ1v) is 3.33. The zero-order valence-electron chi connectivity index (χ0n) is 4.91. The molecular formula is C7H5BrF. The molecule has 0 aromatic heterocycles. The van der Waals surface area contributed by atoms with Gasteiger partial charge in [-0.25, -0.2) is 4.39 Å². The van der Waals surface area contributed by atoms with E-state index in [-0.39, 0.29) is 5.82 Å². The maximum absolute atomic E-state index is 12.5. The van der Waals surface area contributed by atoms with E-state index in [2.05, 4.69) is 22.0 Å². The van der Waals surface area contributed by atoms with E-state index < -0.39 is 0 Å². The highest BCUT2D eigenvalue weighted by Crippen LogP contribution is 2.16. The molecule has 0 aliphatic heterocycles. The number of hydrogen-bond acceptors (Lipinski definition) is 0. The molecule has 47 valence electrons. The number of benzene rings is 1. The third-order valence-electron chi connectivity index (χ3n) is 1.14. The molecule has 2 heteroatoms. The van der Waals surface area contributed by atoms with Gasteiger partial charge in [-0.15, -0.1) is 0 Å². The van der Waals surface area contributed by atoms with Gasteiger partial charge in [0.05, 0.1) is 0 Å². The zero-order valence-corrected chi connectivity index (χ0v) is 6.50. The quantitative estimate of drug-likeness (QED) is 0.587. The highest BCUT2D eigenvalue weighted by Gasteiger charge is 1.97. The predicted octanol–water partition coefficient (Wildman–Crippen LogP) is 2.70. The molecule has 0 nitrogen and oxygen atoms in total. The molecule has 0 heterocycles. The predicted molar refractivity (Wildman–Crippen MR) is 37.7 cm³/mol. The Hall–Kier alpha value is -0.370. The van der Waals surface area contributed by atoms with E-state index in [1.165, 1.54) is 6.07 Å². The summed E-state index contributed by atoms with van der Waals surface area (Å²) >= 11 is 3.17. The lowest BCUT2D eigenvalue weighted by atomic mass is 10.2. The van der Waals surface area contributed by atoms with Crippen LogP contribution in [0.15, 0.2) is 16.6 Å². The number of halogens is 2. The van der Waals surface area contributed by atoms with E-state index in [1.807, 2.05) is 0 Å². The molecule has 0 saturated heterocycles. The van der Waals surface area contributed by atoms with Crippen LogP contribution in [0.3, 0.4) is 0 Å². The Labute approximate surface area is 61.8 Å². The second-order valence-corrected chi connectivity index (χ2v) is 2.63. The molecule has 0 aliphatic rings. The minimum absolute atomic E-state index is 0.218. The molecule has 9 heavy (non-hydrogen) atoms. The van der Waals surface area contributed by atoms with Gasteiger partial charge in [-0.05, 0) is 30.7 Å². The zero-order chi connectivity index (χ0) is 6.85. The van der Waals surface area contributed by atoms with Crippen molar-refractivity contribution in [2.75, 3.05) is 0 Å². The van der Waals surface area contributed by atoms with E-state index in [9.17, 15) is 4.39 Å². The topological polar surface area (TPSA) is 0 Å². The van der Waals surface area contributed by atoms with Gasteiger partial charge in [-0.2, -0.15) is 0 Å². The number of rotatable bonds is 0. The Morgan fingerprint density at radius 1 is 1.56 bits per heavy atom. The summed E-state index contributed by atoms with van der Waals surface area (Å²) in [5.41, 5.74) is 0.633. The lowest BCUT2D eigenvalue weighted by Gasteiger charge is -1.95. The van der Waals surface area contributed by atoms with Crippen LogP contribution in [0.5, 0.6) is 0 Å². The standard InChI is InChI=1S/C7H5BrF/c1-5-6(8)3-2-4-7(5)9/h3-4H,1H3. The van der Waals surface area contributed by atoms with Gasteiger partial charge in [0, 0.05) is 4.47 Å². The molecule has 0 saturated carbocycles. The fourth-order valence-corrected chi connectivity index (χ4v) is 0.840. The van der Waals surface area contributed by atoms with Gasteiger partial charge in [0.25, 0.3) is 0 Å². The van der Waals surface area contributed by atoms with Crippen molar-refractivity contribution in [3.8, 4) is 0 Å². The van der Waals surface area contributed by atoms with Crippen LogP contribution in [0.1, 0.15) is 5.56 Å². The van der Waals surface area contributed by atoms with Crippen LogP contribution in [-0.4, -0.2) is 0 Å². The Balaban J connectivity index is 3.25. The van der Waals surface area contributed by atoms with Gasteiger partial charge in [0.2, 0.25) is 0 Å². The van der Waals surface area contributed by atoms with Crippen molar-refractivity contribution in [2.45, 2.75) is 6.92 Å². The van der Waals surface area contributed by atoms with Gasteiger partial charge in [0.1, 0.15) is 5.82 Å². The minimum atomic E-state index is -0.218. The summed E-state index contributed by atoms with van der Waals surface area (Å²) in [6.07, 6.45) is 0. The highest BCUT2D eigenvalue weighted by molar-refractivity contribution is 9.10. The second kappa shape index (κ2) is 2.48. The Morgan fingerprint density at radius 2 is 2.22 bits per heavy atom. The van der Waals surface area contributed by atoms with E-state index in [0.717, 1.165) is 4.47 Å². The third kappa shape index (κ3) is 1.30. The first-order chi connectivity index (χ1) is 4.22. The van der Waals surface area contributed by atoms with E-state index in [0.29, 0.717) is 5.56 Å². The minimum Gasteiger partial charge on any atom is -0.207 e. The fraction of sp³-hybridized carbons (Fsp3) is 0.143. The molecule has 0 spiro atoms. The Bertz CT molecular complexity index is 200. The van der Waals surface area contributed by atoms with Crippen LogP contribution in [0, 0.1) is 18.8 Å². The lowest BCUT2D eigenvalue weighted by molar-refractivity contribution is 0.617. The van der Waals surface area contributed by atoms with Crippen molar-refractivity contribution in [1.29, 1.82) is 0 Å². The van der Waals surface area contributed by atoms with Crippen molar-refractivity contribution in [2.24, 2.45) is 0 Å². The molecule has 0 amide bonds. The van der Waals surface area contributed by atoms with Gasteiger partial charge in [-0.3, -0.25) is 0 Å². The normalized spacial score (nSPS) is 9.67. The molecule has 1 aromatic carbocycles. The maximum atomic E-state index is 12.5. The molecule has 0 aliphatic carbocycles. The van der Waals surface area contributed by atoms with Crippen molar-refractivity contribution < 1.29 is 4.39 Å². The van der Waals surface area contributed by atoms with Gasteiger partial charge in [0.15, 0.2) is 0 Å². The smallest absolute Gasteiger partial charge is 0.127 e. The highest BCUT2D eigenvalue weighted by atomic mass is 79.9. The van der Waals surface area contributed by atoms with Crippen LogP contribution < -0.4 is 0 Å². The summed E-state index contributed by atoms with van der Waals surface area (Å²) < 4.78 is 13.3. The van der Waals surface area contributed by atoms with E-state index in [4.69, 9.17) is 0 Å². The lowest BCUT2D eigenvalue weighted by Crippen LogP contribution is -1.80. The van der Waals surface area contributed by atoms with Crippen LogP contribution in [0.2, 0.25) is 0 Å². The average Bonchev–Trinajstić information content (AvgIpc) is 1.83. The van der Waals surface area contributed by atoms with Crippen molar-refractivity contribution >= 4 is 15.9 Å². The number of hydrogen-bond donors (Lipinski definition) is 0. The largest absolute Gasteiger partial charge is 0.207 e. The molecular weight excluding hydrogens is 183 g/mol. The molecule has 0 bridgehead atoms. The second-order valence-electron chi connectivity index (χ2n) is 1.78. The molecule has 1 radical (unpaired) electrons. The van der Waals surface area contributed by atoms with Crippen LogP contribution in [0.4, 0.5) is 4.39 Å². The summed E-state index contributed by atoms with van der Waals surface area (Å²) in [5.74, 6) is -0.218. The summed E-state index contributed by atoms with van der Waals surface area (Å²) in [4.78, 5) is 0. The van der Waals surface area contributed by atoms with E-state index >= 15 is 0 Å². The van der Waals surface area contributed by atoms with Crippen molar-refractivity contribution in [3.05, 3.63) is 34.1 Å².